The third kappa shape index (κ3) is 3.74. The van der Waals surface area contributed by atoms with Gasteiger partial charge in [0.15, 0.2) is 5.69 Å². The predicted octanol–water partition coefficient (Wildman–Crippen LogP) is 3.19. The summed E-state index contributed by atoms with van der Waals surface area (Å²) >= 11 is 5.92. The summed E-state index contributed by atoms with van der Waals surface area (Å²) in [6.07, 6.45) is -0.0776. The van der Waals surface area contributed by atoms with E-state index in [0.29, 0.717) is 36.3 Å². The molecular formula is C17H20ClN3O2. The highest BCUT2D eigenvalue weighted by Gasteiger charge is 2.24. The van der Waals surface area contributed by atoms with Gasteiger partial charge in [0, 0.05) is 11.6 Å². The van der Waals surface area contributed by atoms with Gasteiger partial charge in [-0.05, 0) is 29.7 Å². The average molecular weight is 334 g/mol. The zero-order valence-electron chi connectivity index (χ0n) is 13.3. The predicted molar refractivity (Wildman–Crippen MR) is 88.4 cm³/mol. The highest BCUT2D eigenvalue weighted by atomic mass is 35.5. The number of carbonyl (C=O) groups is 1. The smallest absolute Gasteiger partial charge is 0.271 e. The van der Waals surface area contributed by atoms with Gasteiger partial charge in [0.2, 0.25) is 0 Å². The summed E-state index contributed by atoms with van der Waals surface area (Å²) in [7, 11) is 0. The molecule has 0 unspecified atom stereocenters. The molecule has 122 valence electrons. The van der Waals surface area contributed by atoms with Gasteiger partial charge in [-0.25, -0.2) is 0 Å². The summed E-state index contributed by atoms with van der Waals surface area (Å²) in [5.74, 6) is 0.275. The zero-order chi connectivity index (χ0) is 16.4. The molecular weight excluding hydrogens is 314 g/mol. The Hall–Kier alpha value is -1.85. The number of nitrogens with one attached hydrogen (secondary N) is 1. The molecule has 2 heterocycles. The van der Waals surface area contributed by atoms with E-state index < -0.39 is 0 Å². The number of hydrogen-bond acceptors (Lipinski definition) is 3. The molecule has 2 aromatic rings. The van der Waals surface area contributed by atoms with Gasteiger partial charge in [-0.1, -0.05) is 37.6 Å². The Morgan fingerprint density at radius 1 is 1.43 bits per heavy atom. The quantitative estimate of drug-likeness (QED) is 0.934. The number of aromatic nitrogens is 2. The average Bonchev–Trinajstić information content (AvgIpc) is 2.96. The molecule has 0 radical (unpaired) electrons. The number of halogens is 1. The van der Waals surface area contributed by atoms with Crippen LogP contribution in [0.4, 0.5) is 0 Å². The van der Waals surface area contributed by atoms with Crippen molar-refractivity contribution >= 4 is 17.5 Å². The lowest BCUT2D eigenvalue weighted by atomic mass is 10.1. The number of fused-ring (bicyclic) bond motifs is 1. The SMILES string of the molecule is CC(C)CNC(=O)c1cc2n(n1)C[C@H](c1ccc(Cl)cc1)OC2. The molecule has 1 aromatic carbocycles. The minimum atomic E-state index is -0.136. The number of hydrogen-bond donors (Lipinski definition) is 1. The van der Waals surface area contributed by atoms with Crippen LogP contribution >= 0.6 is 11.6 Å². The van der Waals surface area contributed by atoms with Gasteiger partial charge in [0.25, 0.3) is 5.91 Å². The maximum atomic E-state index is 12.1. The van der Waals surface area contributed by atoms with Crippen molar-refractivity contribution in [3.8, 4) is 0 Å². The molecule has 3 rings (SSSR count). The fraction of sp³-hybridized carbons (Fsp3) is 0.412. The van der Waals surface area contributed by atoms with E-state index in [2.05, 4.69) is 24.3 Å². The molecule has 0 fully saturated rings. The van der Waals surface area contributed by atoms with Gasteiger partial charge in [0.05, 0.1) is 18.8 Å². The summed E-state index contributed by atoms with van der Waals surface area (Å²) in [5.41, 5.74) is 2.42. The topological polar surface area (TPSA) is 56.2 Å². The maximum absolute atomic E-state index is 12.1. The molecule has 0 bridgehead atoms. The fourth-order valence-electron chi connectivity index (χ4n) is 2.50. The van der Waals surface area contributed by atoms with E-state index in [1.165, 1.54) is 0 Å². The largest absolute Gasteiger partial charge is 0.365 e. The first-order valence-electron chi connectivity index (χ1n) is 7.75. The van der Waals surface area contributed by atoms with Crippen LogP contribution in [0.15, 0.2) is 30.3 Å². The Balaban J connectivity index is 1.71. The van der Waals surface area contributed by atoms with E-state index in [-0.39, 0.29) is 12.0 Å². The first-order chi connectivity index (χ1) is 11.0. The van der Waals surface area contributed by atoms with Crippen molar-refractivity contribution < 1.29 is 9.53 Å². The third-order valence-corrected chi connectivity index (χ3v) is 4.03. The van der Waals surface area contributed by atoms with Crippen molar-refractivity contribution in [2.24, 2.45) is 5.92 Å². The lowest BCUT2D eigenvalue weighted by Crippen LogP contribution is -2.28. The Morgan fingerprint density at radius 2 is 2.17 bits per heavy atom. The van der Waals surface area contributed by atoms with Crippen molar-refractivity contribution in [3.63, 3.8) is 0 Å². The number of nitrogens with zero attached hydrogens (tertiary/aromatic N) is 2. The first-order valence-corrected chi connectivity index (χ1v) is 8.12. The van der Waals surface area contributed by atoms with E-state index >= 15 is 0 Å². The van der Waals surface area contributed by atoms with Crippen molar-refractivity contribution in [2.75, 3.05) is 6.54 Å². The van der Waals surface area contributed by atoms with Crippen LogP contribution in [0.1, 0.15) is 41.7 Å². The molecule has 0 aliphatic carbocycles. The minimum Gasteiger partial charge on any atom is -0.365 e. The van der Waals surface area contributed by atoms with Crippen LogP contribution in [0, 0.1) is 5.92 Å². The first kappa shape index (κ1) is 16.0. The van der Waals surface area contributed by atoms with Gasteiger partial charge in [-0.2, -0.15) is 5.10 Å². The van der Waals surface area contributed by atoms with E-state index in [0.717, 1.165) is 11.3 Å². The number of ether oxygens (including phenoxy) is 1. The minimum absolute atomic E-state index is 0.0776. The Labute approximate surface area is 140 Å². The number of carbonyl (C=O) groups excluding carboxylic acids is 1. The van der Waals surface area contributed by atoms with E-state index in [1.807, 2.05) is 28.9 Å². The maximum Gasteiger partial charge on any atom is 0.271 e. The normalized spacial score (nSPS) is 17.1. The van der Waals surface area contributed by atoms with Crippen LogP contribution in [0.2, 0.25) is 5.02 Å². The molecule has 5 nitrogen and oxygen atoms in total. The molecule has 0 saturated carbocycles. The third-order valence-electron chi connectivity index (χ3n) is 3.78. The number of amides is 1. The molecule has 23 heavy (non-hydrogen) atoms. The van der Waals surface area contributed by atoms with Crippen LogP contribution in [0.3, 0.4) is 0 Å². The van der Waals surface area contributed by atoms with Crippen LogP contribution in [0.25, 0.3) is 0 Å². The summed E-state index contributed by atoms with van der Waals surface area (Å²) in [5, 5.41) is 8.01. The molecule has 0 spiro atoms. The van der Waals surface area contributed by atoms with Crippen LogP contribution in [-0.2, 0) is 17.9 Å². The van der Waals surface area contributed by atoms with Crippen LogP contribution in [-0.4, -0.2) is 22.2 Å². The van der Waals surface area contributed by atoms with E-state index in [9.17, 15) is 4.79 Å². The number of rotatable bonds is 4. The highest BCUT2D eigenvalue weighted by molar-refractivity contribution is 6.30. The molecule has 1 amide bonds. The summed E-state index contributed by atoms with van der Waals surface area (Å²) < 4.78 is 7.74. The van der Waals surface area contributed by atoms with Crippen LogP contribution in [0.5, 0.6) is 0 Å². The molecule has 0 saturated heterocycles. The zero-order valence-corrected chi connectivity index (χ0v) is 14.0. The van der Waals surface area contributed by atoms with E-state index in [1.54, 1.807) is 6.07 Å². The van der Waals surface area contributed by atoms with Gasteiger partial charge in [-0.3, -0.25) is 9.48 Å². The van der Waals surface area contributed by atoms with Crippen molar-refractivity contribution in [2.45, 2.75) is 33.1 Å². The lowest BCUT2D eigenvalue weighted by Gasteiger charge is -2.24. The Morgan fingerprint density at radius 3 is 2.87 bits per heavy atom. The molecule has 1 N–H and O–H groups in total. The van der Waals surface area contributed by atoms with E-state index in [4.69, 9.17) is 16.3 Å². The Bertz CT molecular complexity index is 694. The lowest BCUT2D eigenvalue weighted by molar-refractivity contribution is -0.00119. The summed E-state index contributed by atoms with van der Waals surface area (Å²) in [4.78, 5) is 12.1. The molecule has 1 atom stereocenters. The molecule has 1 aromatic heterocycles. The fourth-order valence-corrected chi connectivity index (χ4v) is 2.63. The van der Waals surface area contributed by atoms with Gasteiger partial charge in [0.1, 0.15) is 6.10 Å². The monoisotopic (exact) mass is 333 g/mol. The van der Waals surface area contributed by atoms with Gasteiger partial charge < -0.3 is 10.1 Å². The van der Waals surface area contributed by atoms with Crippen molar-refractivity contribution in [1.29, 1.82) is 0 Å². The van der Waals surface area contributed by atoms with Crippen molar-refractivity contribution in [1.82, 2.24) is 15.1 Å². The number of benzene rings is 1. The second-order valence-electron chi connectivity index (χ2n) is 6.16. The molecule has 1 aliphatic heterocycles. The Kier molecular flexibility index (Phi) is 4.68. The highest BCUT2D eigenvalue weighted by Crippen LogP contribution is 2.27. The van der Waals surface area contributed by atoms with Crippen LogP contribution < -0.4 is 5.32 Å². The summed E-state index contributed by atoms with van der Waals surface area (Å²) in [6, 6.07) is 9.41. The second kappa shape index (κ2) is 6.72. The summed E-state index contributed by atoms with van der Waals surface area (Å²) in [6.45, 7) is 5.79. The van der Waals surface area contributed by atoms with Gasteiger partial charge >= 0.3 is 0 Å². The van der Waals surface area contributed by atoms with Gasteiger partial charge in [-0.15, -0.1) is 0 Å². The standard InChI is InChI=1S/C17H20ClN3O2/c1-11(2)8-19-17(22)15-7-14-10-23-16(9-21(14)20-15)12-3-5-13(18)6-4-12/h3-7,11,16H,8-10H2,1-2H3,(H,19,22)/t16-/m1/s1. The second-order valence-corrected chi connectivity index (χ2v) is 6.59. The van der Waals surface area contributed by atoms with Crippen molar-refractivity contribution in [3.05, 3.63) is 52.3 Å². The molecule has 6 heteroatoms. The molecule has 1 aliphatic rings.